The molecule has 0 bridgehead atoms. The van der Waals surface area contributed by atoms with Gasteiger partial charge in [0.15, 0.2) is 5.92 Å². The molecule has 1 heterocycles. The molecule has 1 amide bonds. The van der Waals surface area contributed by atoms with Crippen LogP contribution in [0.3, 0.4) is 0 Å². The Morgan fingerprint density at radius 2 is 1.59 bits per heavy atom. The van der Waals surface area contributed by atoms with Crippen LogP contribution in [0.1, 0.15) is 5.56 Å². The third-order valence-electron chi connectivity index (χ3n) is 5.42. The largest absolute Gasteiger partial charge is 0.508 e. The van der Waals surface area contributed by atoms with Crippen LogP contribution in [0.15, 0.2) is 48.5 Å². The number of piperazine rings is 1. The normalized spacial score (nSPS) is 18.2. The maximum absolute atomic E-state index is 13.3. The number of carboxylic acid groups (broad SMARTS) is 1. The monoisotopic (exact) mass is 462 g/mol. The van der Waals surface area contributed by atoms with Crippen LogP contribution in [-0.2, 0) is 6.54 Å². The molecule has 2 N–H and O–H groups in total. The quantitative estimate of drug-likeness (QED) is 0.631. The number of nitrogens with zero attached hydrogens (tertiary/aromatic N) is 2. The SMILES string of the molecule is O=C(O)N1CCN(Cc2ccc(-c3ccccc3)cc2O)CC1C(C(F)(F)F)C(F)(F)F. The molecule has 3 rings (SSSR count). The average molecular weight is 462 g/mol. The summed E-state index contributed by atoms with van der Waals surface area (Å²) in [4.78, 5) is 12.8. The lowest BCUT2D eigenvalue weighted by Gasteiger charge is -2.44. The fourth-order valence-corrected chi connectivity index (χ4v) is 3.91. The Bertz CT molecular complexity index is 935. The van der Waals surface area contributed by atoms with Gasteiger partial charge in [0.05, 0.1) is 6.04 Å². The van der Waals surface area contributed by atoms with Crippen molar-refractivity contribution in [3.8, 4) is 16.9 Å². The number of halogens is 6. The first kappa shape index (κ1) is 23.7. The molecule has 5 nitrogen and oxygen atoms in total. The van der Waals surface area contributed by atoms with Gasteiger partial charge in [-0.05, 0) is 17.2 Å². The number of carbonyl (C=O) groups is 1. The first-order chi connectivity index (χ1) is 14.9. The molecule has 1 saturated heterocycles. The van der Waals surface area contributed by atoms with Gasteiger partial charge in [-0.1, -0.05) is 42.5 Å². The molecule has 11 heteroatoms. The second-order valence-corrected chi connectivity index (χ2v) is 7.55. The van der Waals surface area contributed by atoms with Crippen LogP contribution in [0.25, 0.3) is 11.1 Å². The fraction of sp³-hybridized carbons (Fsp3) is 0.381. The van der Waals surface area contributed by atoms with E-state index in [0.29, 0.717) is 11.1 Å². The summed E-state index contributed by atoms with van der Waals surface area (Å²) >= 11 is 0. The van der Waals surface area contributed by atoms with E-state index in [2.05, 4.69) is 0 Å². The van der Waals surface area contributed by atoms with Gasteiger partial charge in [0.2, 0.25) is 0 Å². The standard InChI is InChI=1S/C21H20F6N2O3/c22-20(23,24)18(21(25,26)27)16-12-28(8-9-29(16)19(31)32)11-15-7-6-14(10-17(15)30)13-4-2-1-3-5-13/h1-7,10,16,18,30H,8-9,11-12H2,(H,31,32). The lowest BCUT2D eigenvalue weighted by molar-refractivity contribution is -0.300. The van der Waals surface area contributed by atoms with Crippen LogP contribution in [0.2, 0.25) is 0 Å². The fourth-order valence-electron chi connectivity index (χ4n) is 3.91. The Hall–Kier alpha value is -2.95. The number of aromatic hydroxyl groups is 1. The highest BCUT2D eigenvalue weighted by Gasteiger charge is 2.62. The van der Waals surface area contributed by atoms with E-state index in [1.807, 2.05) is 18.2 Å². The molecule has 0 aliphatic carbocycles. The summed E-state index contributed by atoms with van der Waals surface area (Å²) in [6.45, 7) is -1.51. The van der Waals surface area contributed by atoms with Gasteiger partial charge in [-0.15, -0.1) is 0 Å². The first-order valence-electron chi connectivity index (χ1n) is 9.60. The number of benzene rings is 2. The molecule has 0 spiro atoms. The van der Waals surface area contributed by atoms with Gasteiger partial charge in [0, 0.05) is 31.7 Å². The minimum absolute atomic E-state index is 0.0783. The van der Waals surface area contributed by atoms with E-state index in [4.69, 9.17) is 0 Å². The van der Waals surface area contributed by atoms with Gasteiger partial charge in [-0.25, -0.2) is 4.79 Å². The van der Waals surface area contributed by atoms with Crippen molar-refractivity contribution in [2.45, 2.75) is 24.9 Å². The van der Waals surface area contributed by atoms with E-state index in [1.54, 1.807) is 24.3 Å². The molecule has 174 valence electrons. The molecule has 1 aliphatic rings. The molecule has 1 aliphatic heterocycles. The molecule has 32 heavy (non-hydrogen) atoms. The maximum Gasteiger partial charge on any atom is 0.407 e. The second-order valence-electron chi connectivity index (χ2n) is 7.55. The summed E-state index contributed by atoms with van der Waals surface area (Å²) in [5.41, 5.74) is 1.82. The molecule has 1 fully saturated rings. The molecule has 2 aromatic rings. The van der Waals surface area contributed by atoms with Gasteiger partial charge >= 0.3 is 18.4 Å². The number of amides is 1. The summed E-state index contributed by atoms with van der Waals surface area (Å²) in [6, 6.07) is 11.4. The number of alkyl halides is 6. The molecular weight excluding hydrogens is 442 g/mol. The zero-order valence-corrected chi connectivity index (χ0v) is 16.6. The van der Waals surface area contributed by atoms with Crippen molar-refractivity contribution in [1.82, 2.24) is 9.80 Å². The highest BCUT2D eigenvalue weighted by molar-refractivity contribution is 5.66. The van der Waals surface area contributed by atoms with Crippen molar-refractivity contribution in [3.05, 3.63) is 54.1 Å². The summed E-state index contributed by atoms with van der Waals surface area (Å²) < 4.78 is 79.6. The Morgan fingerprint density at radius 1 is 0.969 bits per heavy atom. The van der Waals surface area contributed by atoms with Crippen LogP contribution in [0.4, 0.5) is 31.1 Å². The van der Waals surface area contributed by atoms with E-state index in [9.17, 15) is 41.4 Å². The Kier molecular flexibility index (Phi) is 6.59. The number of hydrogen-bond acceptors (Lipinski definition) is 3. The lowest BCUT2D eigenvalue weighted by atomic mass is 9.94. The predicted molar refractivity (Wildman–Crippen MR) is 103 cm³/mol. The molecule has 1 unspecified atom stereocenters. The van der Waals surface area contributed by atoms with Crippen LogP contribution < -0.4 is 0 Å². The van der Waals surface area contributed by atoms with E-state index in [0.717, 1.165) is 5.56 Å². The van der Waals surface area contributed by atoms with Gasteiger partial charge in [0.1, 0.15) is 5.75 Å². The molecule has 2 aromatic carbocycles. The summed E-state index contributed by atoms with van der Waals surface area (Å²) in [5, 5.41) is 19.5. The van der Waals surface area contributed by atoms with E-state index in [1.165, 1.54) is 11.0 Å². The molecule has 0 aromatic heterocycles. The van der Waals surface area contributed by atoms with Crippen molar-refractivity contribution in [2.75, 3.05) is 19.6 Å². The topological polar surface area (TPSA) is 64.0 Å². The van der Waals surface area contributed by atoms with Gasteiger partial charge in [0.25, 0.3) is 0 Å². The summed E-state index contributed by atoms with van der Waals surface area (Å²) in [7, 11) is 0. The van der Waals surface area contributed by atoms with Crippen molar-refractivity contribution in [1.29, 1.82) is 0 Å². The summed E-state index contributed by atoms with van der Waals surface area (Å²) in [5.74, 6) is -3.98. The van der Waals surface area contributed by atoms with Crippen molar-refractivity contribution in [2.24, 2.45) is 5.92 Å². The number of phenolic OH excluding ortho intramolecular Hbond substituents is 1. The molecule has 0 radical (unpaired) electrons. The average Bonchev–Trinajstić information content (AvgIpc) is 2.68. The summed E-state index contributed by atoms with van der Waals surface area (Å²) in [6.07, 6.45) is -13.2. The van der Waals surface area contributed by atoms with Gasteiger partial charge < -0.3 is 15.1 Å². The third-order valence-corrected chi connectivity index (χ3v) is 5.42. The highest BCUT2D eigenvalue weighted by atomic mass is 19.4. The van der Waals surface area contributed by atoms with Crippen LogP contribution in [-0.4, -0.2) is 64.1 Å². The van der Waals surface area contributed by atoms with Gasteiger partial charge in [-0.3, -0.25) is 4.90 Å². The zero-order valence-electron chi connectivity index (χ0n) is 16.6. The zero-order chi connectivity index (χ0) is 23.7. The minimum Gasteiger partial charge on any atom is -0.508 e. The minimum atomic E-state index is -5.67. The first-order valence-corrected chi connectivity index (χ1v) is 9.60. The second kappa shape index (κ2) is 8.89. The third kappa shape index (κ3) is 5.26. The Balaban J connectivity index is 1.83. The van der Waals surface area contributed by atoms with E-state index >= 15 is 0 Å². The Labute approximate surface area is 179 Å². The Morgan fingerprint density at radius 3 is 2.12 bits per heavy atom. The molecular formula is C21H20F6N2O3. The van der Waals surface area contributed by atoms with Gasteiger partial charge in [-0.2, -0.15) is 26.3 Å². The number of hydrogen-bond donors (Lipinski definition) is 2. The van der Waals surface area contributed by atoms with Crippen molar-refractivity contribution in [3.63, 3.8) is 0 Å². The smallest absolute Gasteiger partial charge is 0.407 e. The lowest BCUT2D eigenvalue weighted by Crippen LogP contribution is -2.62. The number of rotatable bonds is 4. The molecule has 1 atom stereocenters. The van der Waals surface area contributed by atoms with Crippen LogP contribution in [0.5, 0.6) is 5.75 Å². The van der Waals surface area contributed by atoms with Crippen LogP contribution in [0, 0.1) is 5.92 Å². The highest BCUT2D eigenvalue weighted by Crippen LogP contribution is 2.44. The van der Waals surface area contributed by atoms with E-state index in [-0.39, 0.29) is 23.7 Å². The molecule has 0 saturated carbocycles. The predicted octanol–water partition coefficient (Wildman–Crippen LogP) is 4.96. The van der Waals surface area contributed by atoms with Crippen molar-refractivity contribution < 1.29 is 41.4 Å². The van der Waals surface area contributed by atoms with E-state index < -0.39 is 43.5 Å². The maximum atomic E-state index is 13.3. The van der Waals surface area contributed by atoms with Crippen molar-refractivity contribution >= 4 is 6.09 Å². The van der Waals surface area contributed by atoms with Crippen LogP contribution >= 0.6 is 0 Å². The number of phenols is 1.